The number of hydrogen-bond donors (Lipinski definition) is 1. The van der Waals surface area contributed by atoms with Gasteiger partial charge in [0.1, 0.15) is 12.4 Å². The molecule has 0 fully saturated rings. The zero-order chi connectivity index (χ0) is 15.2. The highest BCUT2D eigenvalue weighted by molar-refractivity contribution is 6.00. The van der Waals surface area contributed by atoms with Gasteiger partial charge in [0.05, 0.1) is 17.3 Å². The zero-order valence-electron chi connectivity index (χ0n) is 12.0. The molecule has 0 aliphatic rings. The first kappa shape index (κ1) is 14.6. The summed E-state index contributed by atoms with van der Waals surface area (Å²) < 4.78 is 5.80. The molecule has 106 valence electrons. The molecule has 0 spiro atoms. The minimum absolute atomic E-state index is 0.389. The van der Waals surface area contributed by atoms with Crippen LogP contribution in [-0.4, -0.2) is 10.9 Å². The van der Waals surface area contributed by atoms with Crippen molar-refractivity contribution in [2.45, 2.75) is 20.5 Å². The Balaban J connectivity index is 2.18. The first-order valence-electron chi connectivity index (χ1n) is 6.55. The highest BCUT2D eigenvalue weighted by atomic mass is 16.5. The standard InChI is InChI=1S/C17H16N2O2/c1-12-3-8-17(16(9-12)13(2)19-20)21-11-15-6-4-14(10-18)5-7-15/h3-9,20H,11H2,1-2H3/b19-13+. The molecule has 0 aliphatic carbocycles. The number of ether oxygens (including phenoxy) is 1. The van der Waals surface area contributed by atoms with E-state index in [2.05, 4.69) is 11.2 Å². The highest BCUT2D eigenvalue weighted by Crippen LogP contribution is 2.22. The quantitative estimate of drug-likeness (QED) is 0.528. The van der Waals surface area contributed by atoms with Gasteiger partial charge < -0.3 is 9.94 Å². The van der Waals surface area contributed by atoms with Gasteiger partial charge in [0.25, 0.3) is 0 Å². The number of aryl methyl sites for hydroxylation is 1. The summed E-state index contributed by atoms with van der Waals surface area (Å²) in [5, 5.41) is 21.0. The second kappa shape index (κ2) is 6.58. The molecular formula is C17H16N2O2. The predicted molar refractivity (Wildman–Crippen MR) is 80.7 cm³/mol. The molecule has 0 saturated carbocycles. The van der Waals surface area contributed by atoms with Crippen LogP contribution in [0.3, 0.4) is 0 Å². The van der Waals surface area contributed by atoms with Crippen LogP contribution in [0.5, 0.6) is 5.75 Å². The molecule has 2 aromatic rings. The van der Waals surface area contributed by atoms with Crippen molar-refractivity contribution in [1.29, 1.82) is 5.26 Å². The van der Waals surface area contributed by atoms with E-state index in [0.717, 1.165) is 16.7 Å². The van der Waals surface area contributed by atoms with Gasteiger partial charge in [-0.05, 0) is 43.7 Å². The molecule has 0 amide bonds. The van der Waals surface area contributed by atoms with E-state index in [4.69, 9.17) is 15.2 Å². The summed E-state index contributed by atoms with van der Waals surface area (Å²) in [7, 11) is 0. The van der Waals surface area contributed by atoms with Crippen LogP contribution in [0.15, 0.2) is 47.6 Å². The Morgan fingerprint density at radius 3 is 2.57 bits per heavy atom. The Morgan fingerprint density at radius 1 is 1.24 bits per heavy atom. The summed E-state index contributed by atoms with van der Waals surface area (Å²) in [6.07, 6.45) is 0. The maximum Gasteiger partial charge on any atom is 0.128 e. The maximum atomic E-state index is 8.95. The van der Waals surface area contributed by atoms with Crippen LogP contribution in [-0.2, 0) is 6.61 Å². The Morgan fingerprint density at radius 2 is 1.95 bits per heavy atom. The lowest BCUT2D eigenvalue weighted by atomic mass is 10.1. The topological polar surface area (TPSA) is 65.6 Å². The third-order valence-electron chi connectivity index (χ3n) is 3.15. The Hall–Kier alpha value is -2.80. The first-order chi connectivity index (χ1) is 10.1. The molecule has 0 aromatic heterocycles. The van der Waals surface area contributed by atoms with E-state index in [1.54, 1.807) is 19.1 Å². The van der Waals surface area contributed by atoms with Gasteiger partial charge in [0.15, 0.2) is 0 Å². The van der Waals surface area contributed by atoms with Crippen molar-refractivity contribution >= 4 is 5.71 Å². The average Bonchev–Trinajstić information content (AvgIpc) is 2.53. The van der Waals surface area contributed by atoms with Gasteiger partial charge in [0, 0.05) is 5.56 Å². The molecule has 4 nitrogen and oxygen atoms in total. The average molecular weight is 280 g/mol. The van der Waals surface area contributed by atoms with Gasteiger partial charge >= 0.3 is 0 Å². The van der Waals surface area contributed by atoms with Crippen molar-refractivity contribution in [3.05, 3.63) is 64.7 Å². The molecule has 0 radical (unpaired) electrons. The van der Waals surface area contributed by atoms with E-state index in [-0.39, 0.29) is 0 Å². The van der Waals surface area contributed by atoms with E-state index < -0.39 is 0 Å². The van der Waals surface area contributed by atoms with Gasteiger partial charge in [-0.2, -0.15) is 5.26 Å². The molecule has 0 atom stereocenters. The molecular weight excluding hydrogens is 264 g/mol. The molecule has 0 aliphatic heterocycles. The maximum absolute atomic E-state index is 8.95. The fourth-order valence-electron chi connectivity index (χ4n) is 1.94. The third-order valence-corrected chi connectivity index (χ3v) is 3.15. The fraction of sp³-hybridized carbons (Fsp3) is 0.176. The first-order valence-corrected chi connectivity index (χ1v) is 6.55. The van der Waals surface area contributed by atoms with Crippen LogP contribution in [0.1, 0.15) is 29.2 Å². The summed E-state index contributed by atoms with van der Waals surface area (Å²) in [6.45, 7) is 4.09. The summed E-state index contributed by atoms with van der Waals surface area (Å²) in [5.74, 6) is 0.667. The van der Waals surface area contributed by atoms with Crippen LogP contribution in [0.4, 0.5) is 0 Å². The van der Waals surface area contributed by atoms with Crippen LogP contribution in [0.25, 0.3) is 0 Å². The Bertz CT molecular complexity index is 698. The molecule has 0 bridgehead atoms. The monoisotopic (exact) mass is 280 g/mol. The van der Waals surface area contributed by atoms with Crippen molar-refractivity contribution < 1.29 is 9.94 Å². The van der Waals surface area contributed by atoms with Gasteiger partial charge in [0.2, 0.25) is 0 Å². The minimum atomic E-state index is 0.389. The largest absolute Gasteiger partial charge is 0.488 e. The number of nitrogens with zero attached hydrogens (tertiary/aromatic N) is 2. The molecule has 0 unspecified atom stereocenters. The number of oxime groups is 1. The van der Waals surface area contributed by atoms with Gasteiger partial charge in [-0.1, -0.05) is 28.9 Å². The van der Waals surface area contributed by atoms with Crippen LogP contribution in [0, 0.1) is 18.3 Å². The van der Waals surface area contributed by atoms with Crippen molar-refractivity contribution in [3.8, 4) is 11.8 Å². The Kier molecular flexibility index (Phi) is 4.57. The second-order valence-electron chi connectivity index (χ2n) is 4.78. The molecule has 2 rings (SSSR count). The van der Waals surface area contributed by atoms with Crippen LogP contribution >= 0.6 is 0 Å². The number of benzene rings is 2. The van der Waals surface area contributed by atoms with E-state index >= 15 is 0 Å². The van der Waals surface area contributed by atoms with E-state index in [0.29, 0.717) is 23.6 Å². The summed E-state index contributed by atoms with van der Waals surface area (Å²) in [4.78, 5) is 0. The lowest BCUT2D eigenvalue weighted by Crippen LogP contribution is -2.03. The van der Waals surface area contributed by atoms with E-state index in [1.807, 2.05) is 37.3 Å². The van der Waals surface area contributed by atoms with E-state index in [9.17, 15) is 0 Å². The molecule has 2 aromatic carbocycles. The minimum Gasteiger partial charge on any atom is -0.488 e. The van der Waals surface area contributed by atoms with Gasteiger partial charge in [-0.3, -0.25) is 0 Å². The zero-order valence-corrected chi connectivity index (χ0v) is 12.0. The van der Waals surface area contributed by atoms with Gasteiger partial charge in [-0.15, -0.1) is 0 Å². The van der Waals surface area contributed by atoms with Crippen molar-refractivity contribution in [1.82, 2.24) is 0 Å². The van der Waals surface area contributed by atoms with Gasteiger partial charge in [-0.25, -0.2) is 0 Å². The second-order valence-corrected chi connectivity index (χ2v) is 4.78. The summed E-state index contributed by atoms with van der Waals surface area (Å²) in [5.41, 5.74) is 3.94. The highest BCUT2D eigenvalue weighted by Gasteiger charge is 2.08. The molecule has 1 N–H and O–H groups in total. The molecule has 21 heavy (non-hydrogen) atoms. The number of nitriles is 1. The molecule has 0 saturated heterocycles. The fourth-order valence-corrected chi connectivity index (χ4v) is 1.94. The van der Waals surface area contributed by atoms with Crippen molar-refractivity contribution in [2.75, 3.05) is 0 Å². The lowest BCUT2D eigenvalue weighted by Gasteiger charge is -2.12. The molecule has 4 heteroatoms. The van der Waals surface area contributed by atoms with Crippen LogP contribution < -0.4 is 4.74 Å². The van der Waals surface area contributed by atoms with Crippen molar-refractivity contribution in [3.63, 3.8) is 0 Å². The van der Waals surface area contributed by atoms with E-state index in [1.165, 1.54) is 0 Å². The Labute approximate surface area is 123 Å². The van der Waals surface area contributed by atoms with Crippen LogP contribution in [0.2, 0.25) is 0 Å². The smallest absolute Gasteiger partial charge is 0.128 e. The SMILES string of the molecule is C/C(=N\O)c1cc(C)ccc1OCc1ccc(C#N)cc1. The normalized spacial score (nSPS) is 11.0. The predicted octanol–water partition coefficient (Wildman–Crippen LogP) is 3.64. The number of rotatable bonds is 4. The lowest BCUT2D eigenvalue weighted by molar-refractivity contribution is 0.303. The van der Waals surface area contributed by atoms with Crippen molar-refractivity contribution in [2.24, 2.45) is 5.16 Å². The number of hydrogen-bond acceptors (Lipinski definition) is 4. The third kappa shape index (κ3) is 3.61. The molecule has 0 heterocycles. The summed E-state index contributed by atoms with van der Waals surface area (Å²) >= 11 is 0. The summed E-state index contributed by atoms with van der Waals surface area (Å²) in [6, 6.07) is 15.1.